The predicted molar refractivity (Wildman–Crippen MR) is 108 cm³/mol. The molecule has 0 atom stereocenters. The molecule has 0 saturated heterocycles. The van der Waals surface area contributed by atoms with Gasteiger partial charge in [0.15, 0.2) is 5.58 Å². The van der Waals surface area contributed by atoms with Crippen molar-refractivity contribution in [3.63, 3.8) is 0 Å². The topological polar surface area (TPSA) is 67.6 Å². The van der Waals surface area contributed by atoms with Crippen molar-refractivity contribution in [1.29, 1.82) is 0 Å². The molecular weight excluding hydrogens is 356 g/mol. The van der Waals surface area contributed by atoms with Gasteiger partial charge in [0.25, 0.3) is 0 Å². The van der Waals surface area contributed by atoms with Crippen LogP contribution in [0.15, 0.2) is 70.6 Å². The van der Waals surface area contributed by atoms with E-state index in [4.69, 9.17) is 9.40 Å². The van der Waals surface area contributed by atoms with Crippen LogP contribution < -0.4 is 0 Å². The number of H-pyrrole nitrogens is 1. The number of thiazole rings is 1. The zero-order valence-corrected chi connectivity index (χ0v) is 14.8. The number of rotatable bonds is 2. The van der Waals surface area contributed by atoms with Gasteiger partial charge in [0, 0.05) is 11.1 Å². The molecule has 0 radical (unpaired) electrons. The molecule has 0 unspecified atom stereocenters. The van der Waals surface area contributed by atoms with E-state index in [1.807, 2.05) is 60.1 Å². The summed E-state index contributed by atoms with van der Waals surface area (Å²) in [6.45, 7) is 0. The summed E-state index contributed by atoms with van der Waals surface area (Å²) in [5.74, 6) is 1.44. The van der Waals surface area contributed by atoms with Crippen LogP contribution in [0, 0.1) is 0 Å². The van der Waals surface area contributed by atoms with Crippen LogP contribution in [0.4, 0.5) is 0 Å². The smallest absolute Gasteiger partial charge is 0.227 e. The fourth-order valence-corrected chi connectivity index (χ4v) is 3.99. The van der Waals surface area contributed by atoms with Crippen molar-refractivity contribution in [2.45, 2.75) is 0 Å². The Labute approximate surface area is 157 Å². The standard InChI is InChI=1S/C21H12N4OS/c1-2-4-15-14(3-1)23-20(24-15)12-6-8-18-17(9-12)25-21(26-18)13-5-7-16-19(10-13)27-11-22-16/h1-11H,(H,23,24). The highest BCUT2D eigenvalue weighted by Crippen LogP contribution is 2.30. The Morgan fingerprint density at radius 3 is 2.70 bits per heavy atom. The maximum absolute atomic E-state index is 5.97. The second kappa shape index (κ2) is 5.49. The summed E-state index contributed by atoms with van der Waals surface area (Å²) in [4.78, 5) is 17.0. The van der Waals surface area contributed by atoms with E-state index in [0.29, 0.717) is 5.89 Å². The number of aromatic amines is 1. The number of imidazole rings is 1. The molecule has 1 N–H and O–H groups in total. The predicted octanol–water partition coefficient (Wildman–Crippen LogP) is 5.65. The average molecular weight is 368 g/mol. The summed E-state index contributed by atoms with van der Waals surface area (Å²) in [6.07, 6.45) is 0. The molecule has 128 valence electrons. The van der Waals surface area contributed by atoms with Crippen LogP contribution in [-0.2, 0) is 0 Å². The van der Waals surface area contributed by atoms with Gasteiger partial charge in [-0.05, 0) is 48.5 Å². The maximum Gasteiger partial charge on any atom is 0.227 e. The molecule has 27 heavy (non-hydrogen) atoms. The number of fused-ring (bicyclic) bond motifs is 3. The summed E-state index contributed by atoms with van der Waals surface area (Å²) in [6, 6.07) is 20.0. The van der Waals surface area contributed by atoms with Crippen LogP contribution in [0.5, 0.6) is 0 Å². The number of nitrogens with one attached hydrogen (secondary N) is 1. The molecule has 0 aliphatic rings. The number of aromatic nitrogens is 4. The third kappa shape index (κ3) is 2.34. The van der Waals surface area contributed by atoms with Gasteiger partial charge in [-0.25, -0.2) is 15.0 Å². The van der Waals surface area contributed by atoms with Crippen LogP contribution >= 0.6 is 11.3 Å². The molecule has 6 rings (SSSR count). The molecule has 0 fully saturated rings. The normalized spacial score (nSPS) is 11.7. The molecule has 6 aromatic rings. The molecule has 5 nitrogen and oxygen atoms in total. The Balaban J connectivity index is 1.46. The van der Waals surface area contributed by atoms with Gasteiger partial charge in [0.2, 0.25) is 5.89 Å². The zero-order chi connectivity index (χ0) is 17.8. The summed E-state index contributed by atoms with van der Waals surface area (Å²) in [5.41, 5.74) is 8.32. The number of hydrogen-bond donors (Lipinski definition) is 1. The van der Waals surface area contributed by atoms with E-state index in [0.717, 1.165) is 49.3 Å². The van der Waals surface area contributed by atoms with Gasteiger partial charge >= 0.3 is 0 Å². The minimum Gasteiger partial charge on any atom is -0.436 e. The van der Waals surface area contributed by atoms with Crippen molar-refractivity contribution in [3.05, 3.63) is 66.2 Å². The first-order valence-electron chi connectivity index (χ1n) is 8.53. The number of hydrogen-bond acceptors (Lipinski definition) is 5. The Hall–Kier alpha value is -3.51. The van der Waals surface area contributed by atoms with Gasteiger partial charge in [-0.3, -0.25) is 0 Å². The SMILES string of the molecule is c1ccc2[nH]c(-c3ccc4oc(-c5ccc6ncsc6c5)nc4c3)nc2c1. The van der Waals surface area contributed by atoms with Crippen LogP contribution in [0.25, 0.3) is 55.2 Å². The fraction of sp³-hybridized carbons (Fsp3) is 0. The summed E-state index contributed by atoms with van der Waals surface area (Å²) < 4.78 is 7.09. The van der Waals surface area contributed by atoms with Crippen LogP contribution in [0.1, 0.15) is 0 Å². The molecular formula is C21H12N4OS. The van der Waals surface area contributed by atoms with Gasteiger partial charge < -0.3 is 9.40 Å². The quantitative estimate of drug-likeness (QED) is 0.429. The van der Waals surface area contributed by atoms with E-state index < -0.39 is 0 Å². The van der Waals surface area contributed by atoms with Gasteiger partial charge in [0.1, 0.15) is 11.3 Å². The van der Waals surface area contributed by atoms with E-state index in [-0.39, 0.29) is 0 Å². The molecule has 0 spiro atoms. The molecule has 3 aromatic heterocycles. The highest BCUT2D eigenvalue weighted by Gasteiger charge is 2.12. The second-order valence-electron chi connectivity index (χ2n) is 6.34. The third-order valence-corrected chi connectivity index (χ3v) is 5.42. The lowest BCUT2D eigenvalue weighted by Gasteiger charge is -1.95. The highest BCUT2D eigenvalue weighted by molar-refractivity contribution is 7.16. The van der Waals surface area contributed by atoms with Crippen LogP contribution in [-0.4, -0.2) is 19.9 Å². The summed E-state index contributed by atoms with van der Waals surface area (Å²) >= 11 is 1.61. The van der Waals surface area contributed by atoms with Crippen molar-refractivity contribution in [2.75, 3.05) is 0 Å². The Morgan fingerprint density at radius 2 is 1.74 bits per heavy atom. The lowest BCUT2D eigenvalue weighted by molar-refractivity contribution is 0.620. The number of benzene rings is 3. The molecule has 0 amide bonds. The lowest BCUT2D eigenvalue weighted by atomic mass is 10.2. The molecule has 0 saturated carbocycles. The van der Waals surface area contributed by atoms with Gasteiger partial charge in [-0.15, -0.1) is 11.3 Å². The van der Waals surface area contributed by atoms with Crippen LogP contribution in [0.2, 0.25) is 0 Å². The summed E-state index contributed by atoms with van der Waals surface area (Å²) in [5, 5.41) is 0. The van der Waals surface area contributed by atoms with Crippen molar-refractivity contribution in [1.82, 2.24) is 19.9 Å². The fourth-order valence-electron chi connectivity index (χ4n) is 3.28. The molecule has 0 aliphatic carbocycles. The molecule has 0 bridgehead atoms. The first-order chi connectivity index (χ1) is 13.3. The summed E-state index contributed by atoms with van der Waals surface area (Å²) in [7, 11) is 0. The first kappa shape index (κ1) is 14.6. The van der Waals surface area contributed by atoms with E-state index in [1.54, 1.807) is 11.3 Å². The number of nitrogens with zero attached hydrogens (tertiary/aromatic N) is 3. The highest BCUT2D eigenvalue weighted by atomic mass is 32.1. The van der Waals surface area contributed by atoms with E-state index in [1.165, 1.54) is 0 Å². The average Bonchev–Trinajstić information content (AvgIpc) is 3.42. The van der Waals surface area contributed by atoms with Crippen molar-refractivity contribution in [2.24, 2.45) is 0 Å². The van der Waals surface area contributed by atoms with Gasteiger partial charge in [-0.1, -0.05) is 12.1 Å². The third-order valence-electron chi connectivity index (χ3n) is 4.63. The van der Waals surface area contributed by atoms with E-state index in [9.17, 15) is 0 Å². The number of oxazole rings is 1. The minimum atomic E-state index is 0.613. The first-order valence-corrected chi connectivity index (χ1v) is 9.41. The lowest BCUT2D eigenvalue weighted by Crippen LogP contribution is -1.80. The molecule has 6 heteroatoms. The second-order valence-corrected chi connectivity index (χ2v) is 7.23. The van der Waals surface area contributed by atoms with Gasteiger partial charge in [-0.2, -0.15) is 0 Å². The van der Waals surface area contributed by atoms with Crippen molar-refractivity contribution < 1.29 is 4.42 Å². The van der Waals surface area contributed by atoms with Crippen molar-refractivity contribution >= 4 is 43.7 Å². The Bertz CT molecular complexity index is 1410. The van der Waals surface area contributed by atoms with E-state index >= 15 is 0 Å². The largest absolute Gasteiger partial charge is 0.436 e. The minimum absolute atomic E-state index is 0.613. The molecule has 3 aromatic carbocycles. The monoisotopic (exact) mass is 368 g/mol. The Kier molecular flexibility index (Phi) is 2.98. The Morgan fingerprint density at radius 1 is 0.815 bits per heavy atom. The molecule has 0 aliphatic heterocycles. The molecule has 3 heterocycles. The van der Waals surface area contributed by atoms with Crippen molar-refractivity contribution in [3.8, 4) is 22.8 Å². The van der Waals surface area contributed by atoms with E-state index in [2.05, 4.69) is 21.0 Å². The zero-order valence-electron chi connectivity index (χ0n) is 14.0. The van der Waals surface area contributed by atoms with Gasteiger partial charge in [0.05, 0.1) is 26.8 Å². The van der Waals surface area contributed by atoms with Crippen LogP contribution in [0.3, 0.4) is 0 Å². The maximum atomic E-state index is 5.97. The number of para-hydroxylation sites is 2.